The van der Waals surface area contributed by atoms with E-state index in [0.717, 1.165) is 45.0 Å². The van der Waals surface area contributed by atoms with E-state index in [9.17, 15) is 22.0 Å². The third-order valence-electron chi connectivity index (χ3n) is 6.71. The highest BCUT2D eigenvalue weighted by molar-refractivity contribution is 5.84. The van der Waals surface area contributed by atoms with Gasteiger partial charge in [0.1, 0.15) is 17.0 Å². The molecule has 0 spiro atoms. The molecule has 0 amide bonds. The molecule has 1 aliphatic rings. The first-order valence-electron chi connectivity index (χ1n) is 12.8. The molecular formula is C27H28F5N7O. The largest absolute Gasteiger partial charge is 0.484 e. The van der Waals surface area contributed by atoms with Crippen LogP contribution in [0.1, 0.15) is 12.5 Å². The summed E-state index contributed by atoms with van der Waals surface area (Å²) >= 11 is 0. The molecule has 13 heteroatoms. The third kappa shape index (κ3) is 6.48. The first kappa shape index (κ1) is 27.7. The van der Waals surface area contributed by atoms with Crippen molar-refractivity contribution < 1.29 is 26.7 Å². The number of nitrogens with one attached hydrogen (secondary N) is 1. The van der Waals surface area contributed by atoms with Crippen LogP contribution >= 0.6 is 0 Å². The SMILES string of the molecule is CCN1CCN(Cc2ccc(Nc3ncc(F)c(-c4cc(F)c5nn(C)cc5c4)n3)cc2OCC(F)(F)F)CC1. The average Bonchev–Trinajstić information content (AvgIpc) is 3.30. The van der Waals surface area contributed by atoms with Crippen LogP contribution in [0.4, 0.5) is 33.6 Å². The zero-order valence-electron chi connectivity index (χ0n) is 22.0. The lowest BCUT2D eigenvalue weighted by molar-refractivity contribution is -0.153. The van der Waals surface area contributed by atoms with Crippen molar-refractivity contribution in [3.63, 3.8) is 0 Å². The van der Waals surface area contributed by atoms with E-state index < -0.39 is 24.4 Å². The fourth-order valence-electron chi connectivity index (χ4n) is 4.67. The Morgan fingerprint density at radius 3 is 2.48 bits per heavy atom. The number of hydrogen-bond donors (Lipinski definition) is 1. The molecule has 212 valence electrons. The number of piperazine rings is 1. The number of aromatic nitrogens is 4. The lowest BCUT2D eigenvalue weighted by atomic mass is 10.1. The van der Waals surface area contributed by atoms with Crippen molar-refractivity contribution in [1.82, 2.24) is 29.5 Å². The van der Waals surface area contributed by atoms with Crippen molar-refractivity contribution in [3.05, 3.63) is 59.9 Å². The zero-order valence-corrected chi connectivity index (χ0v) is 22.0. The number of fused-ring (bicyclic) bond motifs is 1. The number of likely N-dealkylation sites (N-methyl/N-ethyl adjacent to an activating group) is 1. The quantitative estimate of drug-likeness (QED) is 0.299. The Hall–Kier alpha value is -3.84. The molecule has 0 saturated carbocycles. The number of nitrogens with zero attached hydrogens (tertiary/aromatic N) is 6. The van der Waals surface area contributed by atoms with E-state index >= 15 is 0 Å². The van der Waals surface area contributed by atoms with Crippen molar-refractivity contribution in [3.8, 4) is 17.0 Å². The molecule has 0 radical (unpaired) electrons. The maximum atomic E-state index is 14.7. The summed E-state index contributed by atoms with van der Waals surface area (Å²) in [6.07, 6.45) is -1.96. The maximum absolute atomic E-state index is 14.7. The van der Waals surface area contributed by atoms with Crippen LogP contribution < -0.4 is 10.1 Å². The van der Waals surface area contributed by atoms with Gasteiger partial charge in [0.15, 0.2) is 18.2 Å². The fraction of sp³-hybridized carbons (Fsp3) is 0.370. The van der Waals surface area contributed by atoms with Crippen molar-refractivity contribution in [1.29, 1.82) is 0 Å². The molecule has 2 aromatic carbocycles. The second kappa shape index (κ2) is 11.3. The topological polar surface area (TPSA) is 71.3 Å². The molecular weight excluding hydrogens is 533 g/mol. The van der Waals surface area contributed by atoms with Gasteiger partial charge in [0.2, 0.25) is 5.95 Å². The van der Waals surface area contributed by atoms with Crippen molar-refractivity contribution >= 4 is 22.5 Å². The van der Waals surface area contributed by atoms with Crippen LogP contribution in [0.2, 0.25) is 0 Å². The van der Waals surface area contributed by atoms with Crippen molar-refractivity contribution in [2.45, 2.75) is 19.6 Å². The standard InChI is InChI=1S/C27H28F5N7O/c1-3-38-6-8-39(9-7-38)15-17-4-5-20(12-23(17)40-16-27(30,31)32)34-26-33-13-22(29)24(35-26)18-10-19-14-37(2)36-25(19)21(28)11-18/h4-5,10-14H,3,6-9,15-16H2,1-2H3,(H,33,34,35). The van der Waals surface area contributed by atoms with Crippen LogP contribution in [0.3, 0.4) is 0 Å². The number of ether oxygens (including phenoxy) is 1. The summed E-state index contributed by atoms with van der Waals surface area (Å²) in [7, 11) is 1.65. The fourth-order valence-corrected chi connectivity index (χ4v) is 4.67. The van der Waals surface area contributed by atoms with Gasteiger partial charge in [-0.1, -0.05) is 13.0 Å². The van der Waals surface area contributed by atoms with Gasteiger partial charge in [-0.3, -0.25) is 9.58 Å². The third-order valence-corrected chi connectivity index (χ3v) is 6.71. The van der Waals surface area contributed by atoms with E-state index in [1.54, 1.807) is 31.4 Å². The highest BCUT2D eigenvalue weighted by atomic mass is 19.4. The minimum atomic E-state index is -4.51. The smallest absolute Gasteiger partial charge is 0.422 e. The van der Waals surface area contributed by atoms with Gasteiger partial charge >= 0.3 is 6.18 Å². The summed E-state index contributed by atoms with van der Waals surface area (Å²) in [4.78, 5) is 12.6. The van der Waals surface area contributed by atoms with Gasteiger partial charge in [-0.25, -0.2) is 18.7 Å². The van der Waals surface area contributed by atoms with Gasteiger partial charge in [-0.05, 0) is 24.7 Å². The van der Waals surface area contributed by atoms with Crippen LogP contribution in [0.15, 0.2) is 42.7 Å². The van der Waals surface area contributed by atoms with Gasteiger partial charge in [0.05, 0.1) is 6.20 Å². The Bertz CT molecular complexity index is 1500. The monoisotopic (exact) mass is 561 g/mol. The average molecular weight is 562 g/mol. The van der Waals surface area contributed by atoms with E-state index in [2.05, 4.69) is 37.1 Å². The van der Waals surface area contributed by atoms with Crippen LogP contribution in [0.25, 0.3) is 22.2 Å². The highest BCUT2D eigenvalue weighted by Crippen LogP contribution is 2.31. The number of alkyl halides is 3. The van der Waals surface area contributed by atoms with Gasteiger partial charge in [-0.2, -0.15) is 18.3 Å². The molecule has 40 heavy (non-hydrogen) atoms. The second-order valence-corrected chi connectivity index (χ2v) is 9.65. The second-order valence-electron chi connectivity index (χ2n) is 9.65. The number of benzene rings is 2. The van der Waals surface area contributed by atoms with E-state index in [1.807, 2.05) is 0 Å². The molecule has 1 N–H and O–H groups in total. The molecule has 0 aliphatic carbocycles. The molecule has 2 aromatic heterocycles. The van der Waals surface area contributed by atoms with Crippen LogP contribution in [0, 0.1) is 11.6 Å². The van der Waals surface area contributed by atoms with E-state index in [0.29, 0.717) is 23.2 Å². The number of rotatable bonds is 8. The van der Waals surface area contributed by atoms with Crippen LogP contribution in [-0.4, -0.2) is 75.1 Å². The normalized spacial score (nSPS) is 15.1. The Balaban J connectivity index is 1.39. The first-order valence-corrected chi connectivity index (χ1v) is 12.8. The zero-order chi connectivity index (χ0) is 28.4. The molecule has 4 aromatic rings. The van der Waals surface area contributed by atoms with Crippen molar-refractivity contribution in [2.75, 3.05) is 44.6 Å². The molecule has 0 atom stereocenters. The van der Waals surface area contributed by atoms with Crippen LogP contribution in [-0.2, 0) is 13.6 Å². The lowest BCUT2D eigenvalue weighted by Gasteiger charge is -2.34. The summed E-state index contributed by atoms with van der Waals surface area (Å²) < 4.78 is 74.9. The summed E-state index contributed by atoms with van der Waals surface area (Å²) in [5.74, 6) is -1.33. The Kier molecular flexibility index (Phi) is 7.86. The number of anilines is 2. The van der Waals surface area contributed by atoms with Crippen molar-refractivity contribution in [2.24, 2.45) is 7.05 Å². The lowest BCUT2D eigenvalue weighted by Crippen LogP contribution is -2.45. The summed E-state index contributed by atoms with van der Waals surface area (Å²) in [6, 6.07) is 7.51. The Labute approximate surface area is 227 Å². The highest BCUT2D eigenvalue weighted by Gasteiger charge is 2.29. The molecule has 1 saturated heterocycles. The number of aryl methyl sites for hydroxylation is 1. The van der Waals surface area contributed by atoms with E-state index in [4.69, 9.17) is 4.74 Å². The molecule has 3 heterocycles. The molecule has 0 unspecified atom stereocenters. The summed E-state index contributed by atoms with van der Waals surface area (Å²) in [5.41, 5.74) is 1.16. The molecule has 8 nitrogen and oxygen atoms in total. The number of hydrogen-bond acceptors (Lipinski definition) is 7. The first-order chi connectivity index (χ1) is 19.1. The van der Waals surface area contributed by atoms with Gasteiger partial charge in [0.25, 0.3) is 0 Å². The molecule has 1 aliphatic heterocycles. The van der Waals surface area contributed by atoms with Gasteiger partial charge < -0.3 is 15.0 Å². The van der Waals surface area contributed by atoms with E-state index in [1.165, 1.54) is 10.7 Å². The maximum Gasteiger partial charge on any atom is 0.422 e. The molecule has 0 bridgehead atoms. The van der Waals surface area contributed by atoms with Gasteiger partial charge in [-0.15, -0.1) is 0 Å². The Morgan fingerprint density at radius 2 is 1.75 bits per heavy atom. The molecule has 1 fully saturated rings. The number of halogens is 5. The van der Waals surface area contributed by atoms with Crippen LogP contribution in [0.5, 0.6) is 5.75 Å². The molecule has 5 rings (SSSR count). The predicted octanol–water partition coefficient (Wildman–Crippen LogP) is 5.13. The van der Waals surface area contributed by atoms with Gasteiger partial charge in [0, 0.05) is 74.2 Å². The summed E-state index contributed by atoms with van der Waals surface area (Å²) in [6.45, 7) is 5.41. The minimum Gasteiger partial charge on any atom is -0.484 e. The summed E-state index contributed by atoms with van der Waals surface area (Å²) in [5, 5.41) is 7.42. The van der Waals surface area contributed by atoms with E-state index in [-0.39, 0.29) is 28.5 Å². The minimum absolute atomic E-state index is 0.0201. The predicted molar refractivity (Wildman–Crippen MR) is 140 cm³/mol. The Morgan fingerprint density at radius 1 is 1.00 bits per heavy atom.